The van der Waals surface area contributed by atoms with Crippen LogP contribution in [-0.2, 0) is 10.3 Å². The fourth-order valence-electron chi connectivity index (χ4n) is 2.80. The van der Waals surface area contributed by atoms with Crippen molar-refractivity contribution in [2.24, 2.45) is 22.4 Å². The summed E-state index contributed by atoms with van der Waals surface area (Å²) >= 11 is 0. The summed E-state index contributed by atoms with van der Waals surface area (Å²) in [5.41, 5.74) is 11.8. The molecule has 22 heavy (non-hydrogen) atoms. The Morgan fingerprint density at radius 2 is 2.18 bits per heavy atom. The van der Waals surface area contributed by atoms with E-state index in [2.05, 4.69) is 4.99 Å². The number of amides is 2. The standard InChI is InChI=1S/C16H20N4O2/c1-16(12-4-2-3-11(7-12)14(17)22)8-13(21)20(15(18)19-16)9-10-5-6-10/h2-4,7,10H,5-6,8-9H2,1H3,(H2,17,22)(H2,18,19)/t16-/m1/s1. The van der Waals surface area contributed by atoms with Crippen LogP contribution in [-0.4, -0.2) is 29.2 Å². The molecule has 3 rings (SSSR count). The van der Waals surface area contributed by atoms with Crippen molar-refractivity contribution < 1.29 is 9.59 Å². The van der Waals surface area contributed by atoms with E-state index in [0.717, 1.165) is 18.4 Å². The minimum absolute atomic E-state index is 0.0219. The second-order valence-corrected chi connectivity index (χ2v) is 6.31. The molecule has 6 heteroatoms. The zero-order chi connectivity index (χ0) is 15.9. The average molecular weight is 300 g/mol. The lowest BCUT2D eigenvalue weighted by molar-refractivity contribution is -0.129. The fourth-order valence-corrected chi connectivity index (χ4v) is 2.80. The van der Waals surface area contributed by atoms with Crippen molar-refractivity contribution in [1.29, 1.82) is 0 Å². The summed E-state index contributed by atoms with van der Waals surface area (Å²) in [7, 11) is 0. The van der Waals surface area contributed by atoms with Gasteiger partial charge < -0.3 is 11.5 Å². The highest BCUT2D eigenvalue weighted by Crippen LogP contribution is 2.36. The summed E-state index contributed by atoms with van der Waals surface area (Å²) in [6, 6.07) is 6.91. The normalized spacial score (nSPS) is 25.0. The molecule has 0 spiro atoms. The number of carbonyl (C=O) groups excluding carboxylic acids is 2. The molecule has 6 nitrogen and oxygen atoms in total. The largest absolute Gasteiger partial charge is 0.369 e. The average Bonchev–Trinajstić information content (AvgIpc) is 3.27. The van der Waals surface area contributed by atoms with Crippen LogP contribution < -0.4 is 11.5 Å². The van der Waals surface area contributed by atoms with Gasteiger partial charge in [-0.25, -0.2) is 4.99 Å². The zero-order valence-electron chi connectivity index (χ0n) is 12.6. The van der Waals surface area contributed by atoms with Gasteiger partial charge in [0.05, 0.1) is 12.0 Å². The van der Waals surface area contributed by atoms with E-state index >= 15 is 0 Å². The van der Waals surface area contributed by atoms with E-state index < -0.39 is 11.4 Å². The number of guanidine groups is 1. The van der Waals surface area contributed by atoms with Crippen LogP contribution in [0.2, 0.25) is 0 Å². The molecule has 116 valence electrons. The van der Waals surface area contributed by atoms with Gasteiger partial charge in [0.25, 0.3) is 0 Å². The summed E-state index contributed by atoms with van der Waals surface area (Å²) in [6.45, 7) is 2.51. The molecule has 0 radical (unpaired) electrons. The van der Waals surface area contributed by atoms with Gasteiger partial charge in [0.1, 0.15) is 0 Å². The molecule has 0 unspecified atom stereocenters. The summed E-state index contributed by atoms with van der Waals surface area (Å²) in [5.74, 6) is 0.293. The number of aliphatic imine (C=N–C) groups is 1. The maximum atomic E-state index is 12.4. The van der Waals surface area contributed by atoms with E-state index in [0.29, 0.717) is 18.0 Å². The lowest BCUT2D eigenvalue weighted by Crippen LogP contribution is -2.50. The Kier molecular flexibility index (Phi) is 3.39. The second-order valence-electron chi connectivity index (χ2n) is 6.31. The number of rotatable bonds is 4. The van der Waals surface area contributed by atoms with Crippen LogP contribution >= 0.6 is 0 Å². The molecule has 4 N–H and O–H groups in total. The molecule has 1 saturated carbocycles. The molecule has 1 aromatic rings. The van der Waals surface area contributed by atoms with Crippen molar-refractivity contribution in [3.63, 3.8) is 0 Å². The van der Waals surface area contributed by atoms with Crippen LogP contribution in [0, 0.1) is 5.92 Å². The minimum Gasteiger partial charge on any atom is -0.369 e. The molecule has 1 aliphatic carbocycles. The van der Waals surface area contributed by atoms with Crippen LogP contribution in [0.4, 0.5) is 0 Å². The smallest absolute Gasteiger partial charge is 0.248 e. The van der Waals surface area contributed by atoms with Crippen molar-refractivity contribution in [3.8, 4) is 0 Å². The molecule has 0 bridgehead atoms. The number of benzene rings is 1. The van der Waals surface area contributed by atoms with Crippen LogP contribution in [0.25, 0.3) is 0 Å². The van der Waals surface area contributed by atoms with Crippen LogP contribution in [0.5, 0.6) is 0 Å². The second kappa shape index (κ2) is 5.12. The molecular weight excluding hydrogens is 280 g/mol. The van der Waals surface area contributed by atoms with Gasteiger partial charge in [-0.3, -0.25) is 14.5 Å². The van der Waals surface area contributed by atoms with Gasteiger partial charge in [0.2, 0.25) is 11.8 Å². The highest BCUT2D eigenvalue weighted by atomic mass is 16.2. The topological polar surface area (TPSA) is 102 Å². The predicted octanol–water partition coefficient (Wildman–Crippen LogP) is 0.958. The summed E-state index contributed by atoms with van der Waals surface area (Å²) in [5, 5.41) is 0. The van der Waals surface area contributed by atoms with Crippen LogP contribution in [0.3, 0.4) is 0 Å². The number of carbonyl (C=O) groups is 2. The SMILES string of the molecule is C[C@]1(c2cccc(C(N)=O)c2)CC(=O)N(CC2CC2)C(N)=N1. The van der Waals surface area contributed by atoms with Gasteiger partial charge in [-0.15, -0.1) is 0 Å². The van der Waals surface area contributed by atoms with Crippen molar-refractivity contribution in [1.82, 2.24) is 4.90 Å². The van der Waals surface area contributed by atoms with Crippen molar-refractivity contribution >= 4 is 17.8 Å². The fraction of sp³-hybridized carbons (Fsp3) is 0.438. The van der Waals surface area contributed by atoms with Crippen molar-refractivity contribution in [3.05, 3.63) is 35.4 Å². The third kappa shape index (κ3) is 2.68. The molecular formula is C16H20N4O2. The number of hydrogen-bond acceptors (Lipinski definition) is 4. The summed E-state index contributed by atoms with van der Waals surface area (Å²) in [6.07, 6.45) is 2.53. The van der Waals surface area contributed by atoms with E-state index in [1.165, 1.54) is 0 Å². The molecule has 1 aliphatic heterocycles. The highest BCUT2D eigenvalue weighted by molar-refractivity contribution is 5.99. The van der Waals surface area contributed by atoms with Gasteiger partial charge in [-0.2, -0.15) is 0 Å². The van der Waals surface area contributed by atoms with Gasteiger partial charge in [0, 0.05) is 12.1 Å². The number of nitrogens with two attached hydrogens (primary N) is 2. The Morgan fingerprint density at radius 1 is 1.45 bits per heavy atom. The first-order valence-electron chi connectivity index (χ1n) is 7.45. The Hall–Kier alpha value is -2.37. The maximum Gasteiger partial charge on any atom is 0.248 e. The van der Waals surface area contributed by atoms with Crippen molar-refractivity contribution in [2.75, 3.05) is 6.54 Å². The van der Waals surface area contributed by atoms with E-state index in [9.17, 15) is 9.59 Å². The van der Waals surface area contributed by atoms with Crippen molar-refractivity contribution in [2.45, 2.75) is 31.7 Å². The summed E-state index contributed by atoms with van der Waals surface area (Å²) in [4.78, 5) is 29.9. The van der Waals surface area contributed by atoms with E-state index in [4.69, 9.17) is 11.5 Å². The molecule has 1 atom stereocenters. The zero-order valence-corrected chi connectivity index (χ0v) is 12.6. The van der Waals surface area contributed by atoms with E-state index in [1.54, 1.807) is 23.1 Å². The number of hydrogen-bond donors (Lipinski definition) is 2. The molecule has 1 fully saturated rings. The third-order valence-electron chi connectivity index (χ3n) is 4.34. The molecule has 0 aromatic heterocycles. The van der Waals surface area contributed by atoms with Gasteiger partial charge in [-0.05, 0) is 43.4 Å². The van der Waals surface area contributed by atoms with Crippen LogP contribution in [0.15, 0.2) is 29.3 Å². The number of primary amides is 1. The molecule has 1 heterocycles. The minimum atomic E-state index is -0.757. The lowest BCUT2D eigenvalue weighted by atomic mass is 9.86. The first kappa shape index (κ1) is 14.6. The lowest BCUT2D eigenvalue weighted by Gasteiger charge is -2.35. The monoisotopic (exact) mass is 300 g/mol. The molecule has 2 aliphatic rings. The van der Waals surface area contributed by atoms with Gasteiger partial charge in [-0.1, -0.05) is 12.1 Å². The predicted molar refractivity (Wildman–Crippen MR) is 83.0 cm³/mol. The first-order chi connectivity index (χ1) is 10.4. The molecule has 0 saturated heterocycles. The maximum absolute atomic E-state index is 12.4. The Bertz CT molecular complexity index is 666. The highest BCUT2D eigenvalue weighted by Gasteiger charge is 2.39. The van der Waals surface area contributed by atoms with Gasteiger partial charge in [0.15, 0.2) is 5.96 Å². The Morgan fingerprint density at radius 3 is 2.77 bits per heavy atom. The Labute approximate surface area is 129 Å². The number of nitrogens with zero attached hydrogens (tertiary/aromatic N) is 2. The molecule has 2 amide bonds. The van der Waals surface area contributed by atoms with Gasteiger partial charge >= 0.3 is 0 Å². The molecule has 1 aromatic carbocycles. The summed E-state index contributed by atoms with van der Waals surface area (Å²) < 4.78 is 0. The third-order valence-corrected chi connectivity index (χ3v) is 4.34. The Balaban J connectivity index is 1.92. The van der Waals surface area contributed by atoms with Crippen LogP contribution in [0.1, 0.15) is 42.1 Å². The quantitative estimate of drug-likeness (QED) is 0.865. The first-order valence-corrected chi connectivity index (χ1v) is 7.45. The van der Waals surface area contributed by atoms with E-state index in [-0.39, 0.29) is 18.3 Å². The van der Waals surface area contributed by atoms with E-state index in [1.807, 2.05) is 13.0 Å².